The van der Waals surface area contributed by atoms with Gasteiger partial charge in [-0.2, -0.15) is 0 Å². The molecule has 1 heterocycles. The number of methoxy groups -OCH3 is 1. The van der Waals surface area contributed by atoms with Gasteiger partial charge < -0.3 is 20.1 Å². The van der Waals surface area contributed by atoms with Crippen LogP contribution in [-0.4, -0.2) is 31.6 Å². The Bertz CT molecular complexity index is 773. The Balaban J connectivity index is 1.77. The molecule has 0 aromatic heterocycles. The van der Waals surface area contributed by atoms with Gasteiger partial charge >= 0.3 is 0 Å². The SMILES string of the molecule is COc1ccccc1N1CCC[C@H](Oc2ccc(C(N)=O)cc2)C1=O. The molecule has 6 heteroatoms. The van der Waals surface area contributed by atoms with Crippen LogP contribution in [0.4, 0.5) is 5.69 Å². The number of rotatable bonds is 5. The Labute approximate surface area is 146 Å². The van der Waals surface area contributed by atoms with E-state index in [1.54, 1.807) is 36.3 Å². The molecule has 1 fully saturated rings. The van der Waals surface area contributed by atoms with Crippen LogP contribution in [0, 0.1) is 0 Å². The van der Waals surface area contributed by atoms with Gasteiger partial charge in [-0.05, 0) is 49.2 Å². The molecule has 2 aromatic carbocycles. The van der Waals surface area contributed by atoms with Gasteiger partial charge in [-0.15, -0.1) is 0 Å². The van der Waals surface area contributed by atoms with Gasteiger partial charge in [0.2, 0.25) is 5.91 Å². The molecule has 1 saturated heterocycles. The molecule has 6 nitrogen and oxygen atoms in total. The van der Waals surface area contributed by atoms with Crippen molar-refractivity contribution in [1.82, 2.24) is 0 Å². The minimum atomic E-state index is -0.571. The summed E-state index contributed by atoms with van der Waals surface area (Å²) in [6.07, 6.45) is 0.897. The van der Waals surface area contributed by atoms with E-state index in [4.69, 9.17) is 15.2 Å². The van der Waals surface area contributed by atoms with E-state index in [9.17, 15) is 9.59 Å². The quantitative estimate of drug-likeness (QED) is 0.906. The maximum Gasteiger partial charge on any atom is 0.268 e. The molecule has 2 aromatic rings. The Morgan fingerprint density at radius 1 is 1.16 bits per heavy atom. The fourth-order valence-electron chi connectivity index (χ4n) is 2.91. The maximum atomic E-state index is 12.8. The van der Waals surface area contributed by atoms with Crippen LogP contribution in [0.1, 0.15) is 23.2 Å². The number of carbonyl (C=O) groups excluding carboxylic acids is 2. The highest BCUT2D eigenvalue weighted by atomic mass is 16.5. The average Bonchev–Trinajstić information content (AvgIpc) is 2.64. The van der Waals surface area contributed by atoms with Crippen molar-refractivity contribution >= 4 is 17.5 Å². The van der Waals surface area contributed by atoms with E-state index in [0.717, 1.165) is 12.1 Å². The molecule has 2 amide bonds. The molecule has 2 N–H and O–H groups in total. The first kappa shape index (κ1) is 16.8. The predicted molar refractivity (Wildman–Crippen MR) is 94.0 cm³/mol. The molecule has 0 radical (unpaired) electrons. The molecule has 1 atom stereocenters. The zero-order chi connectivity index (χ0) is 17.8. The van der Waals surface area contributed by atoms with Gasteiger partial charge in [0.25, 0.3) is 5.91 Å². The second-order valence-electron chi connectivity index (χ2n) is 5.80. The van der Waals surface area contributed by atoms with Crippen molar-refractivity contribution in [2.75, 3.05) is 18.6 Å². The largest absolute Gasteiger partial charge is 0.495 e. The number of carbonyl (C=O) groups is 2. The lowest BCUT2D eigenvalue weighted by atomic mass is 10.1. The minimum Gasteiger partial charge on any atom is -0.495 e. The number of hydrogen-bond donors (Lipinski definition) is 1. The van der Waals surface area contributed by atoms with Crippen molar-refractivity contribution in [1.29, 1.82) is 0 Å². The molecule has 0 unspecified atom stereocenters. The number of nitrogens with two attached hydrogens (primary N) is 1. The summed E-state index contributed by atoms with van der Waals surface area (Å²) in [4.78, 5) is 25.7. The minimum absolute atomic E-state index is 0.102. The van der Waals surface area contributed by atoms with Crippen LogP contribution < -0.4 is 20.1 Å². The Kier molecular flexibility index (Phi) is 4.88. The monoisotopic (exact) mass is 340 g/mol. The molecule has 0 spiro atoms. The smallest absolute Gasteiger partial charge is 0.268 e. The molecular formula is C19H20N2O4. The summed E-state index contributed by atoms with van der Waals surface area (Å²) >= 11 is 0. The number of hydrogen-bond acceptors (Lipinski definition) is 4. The summed E-state index contributed by atoms with van der Waals surface area (Å²) in [5, 5.41) is 0. The number of para-hydroxylation sites is 2. The van der Waals surface area contributed by atoms with E-state index in [1.165, 1.54) is 0 Å². The van der Waals surface area contributed by atoms with Gasteiger partial charge in [0, 0.05) is 12.1 Å². The summed E-state index contributed by atoms with van der Waals surface area (Å²) in [6, 6.07) is 13.9. The highest BCUT2D eigenvalue weighted by Crippen LogP contribution is 2.31. The molecule has 25 heavy (non-hydrogen) atoms. The van der Waals surface area contributed by atoms with Crippen LogP contribution in [-0.2, 0) is 4.79 Å². The third kappa shape index (κ3) is 3.57. The predicted octanol–water partition coefficient (Wildman–Crippen LogP) is 2.37. The third-order valence-electron chi connectivity index (χ3n) is 4.18. The Morgan fingerprint density at radius 2 is 1.88 bits per heavy atom. The number of primary amides is 1. The van der Waals surface area contributed by atoms with Gasteiger partial charge in [-0.3, -0.25) is 9.59 Å². The van der Waals surface area contributed by atoms with Crippen molar-refractivity contribution in [3.8, 4) is 11.5 Å². The zero-order valence-electron chi connectivity index (χ0n) is 14.0. The number of piperidine rings is 1. The first-order chi connectivity index (χ1) is 12.1. The second kappa shape index (κ2) is 7.25. The number of anilines is 1. The highest BCUT2D eigenvalue weighted by Gasteiger charge is 2.32. The van der Waals surface area contributed by atoms with Crippen molar-refractivity contribution in [3.63, 3.8) is 0 Å². The number of benzene rings is 2. The van der Waals surface area contributed by atoms with E-state index < -0.39 is 12.0 Å². The van der Waals surface area contributed by atoms with E-state index in [2.05, 4.69) is 0 Å². The average molecular weight is 340 g/mol. The van der Waals surface area contributed by atoms with Gasteiger partial charge in [0.1, 0.15) is 11.5 Å². The van der Waals surface area contributed by atoms with E-state index >= 15 is 0 Å². The summed E-state index contributed by atoms with van der Waals surface area (Å²) in [5.74, 6) is 0.588. The summed E-state index contributed by atoms with van der Waals surface area (Å²) in [5.41, 5.74) is 6.37. The lowest BCUT2D eigenvalue weighted by Crippen LogP contribution is -2.47. The molecule has 0 bridgehead atoms. The molecule has 0 saturated carbocycles. The Hall–Kier alpha value is -3.02. The molecule has 1 aliphatic heterocycles. The first-order valence-corrected chi connectivity index (χ1v) is 8.11. The summed E-state index contributed by atoms with van der Waals surface area (Å²) in [6.45, 7) is 0.625. The number of nitrogens with zero attached hydrogens (tertiary/aromatic N) is 1. The van der Waals surface area contributed by atoms with Crippen LogP contribution >= 0.6 is 0 Å². The van der Waals surface area contributed by atoms with E-state index in [0.29, 0.717) is 30.0 Å². The number of amides is 2. The number of ether oxygens (including phenoxy) is 2. The molecule has 130 valence electrons. The van der Waals surface area contributed by atoms with Gasteiger partial charge in [-0.1, -0.05) is 12.1 Å². The van der Waals surface area contributed by atoms with Crippen molar-refractivity contribution in [2.45, 2.75) is 18.9 Å². The van der Waals surface area contributed by atoms with Gasteiger partial charge in [0.15, 0.2) is 6.10 Å². The van der Waals surface area contributed by atoms with Gasteiger partial charge in [0.05, 0.1) is 12.8 Å². The standard InChI is InChI=1S/C19H20N2O4/c1-24-16-6-3-2-5-15(16)21-12-4-7-17(19(21)23)25-14-10-8-13(9-11-14)18(20)22/h2-3,5-6,8-11,17H,4,7,12H2,1H3,(H2,20,22)/t17-/m0/s1. The van der Waals surface area contributed by atoms with E-state index in [-0.39, 0.29) is 5.91 Å². The van der Waals surface area contributed by atoms with E-state index in [1.807, 2.05) is 24.3 Å². The van der Waals surface area contributed by atoms with Crippen LogP contribution in [0.15, 0.2) is 48.5 Å². The van der Waals surface area contributed by atoms with Crippen molar-refractivity contribution in [3.05, 3.63) is 54.1 Å². The molecule has 3 rings (SSSR count). The molecule has 0 aliphatic carbocycles. The van der Waals surface area contributed by atoms with Crippen molar-refractivity contribution < 1.29 is 19.1 Å². The van der Waals surface area contributed by atoms with Crippen LogP contribution in [0.25, 0.3) is 0 Å². The highest BCUT2D eigenvalue weighted by molar-refractivity contribution is 5.98. The first-order valence-electron chi connectivity index (χ1n) is 8.11. The van der Waals surface area contributed by atoms with Gasteiger partial charge in [-0.25, -0.2) is 0 Å². The normalized spacial score (nSPS) is 17.2. The lowest BCUT2D eigenvalue weighted by Gasteiger charge is -2.33. The van der Waals surface area contributed by atoms with Crippen molar-refractivity contribution in [2.24, 2.45) is 5.73 Å². The fraction of sp³-hybridized carbons (Fsp3) is 0.263. The third-order valence-corrected chi connectivity index (χ3v) is 4.18. The lowest BCUT2D eigenvalue weighted by molar-refractivity contribution is -0.127. The molecule has 1 aliphatic rings. The van der Waals surface area contributed by atoms with Crippen LogP contribution in [0.5, 0.6) is 11.5 Å². The maximum absolute atomic E-state index is 12.8. The Morgan fingerprint density at radius 3 is 2.56 bits per heavy atom. The van der Waals surface area contributed by atoms with Crippen LogP contribution in [0.2, 0.25) is 0 Å². The fourth-order valence-corrected chi connectivity index (χ4v) is 2.91. The van der Waals surface area contributed by atoms with Crippen LogP contribution in [0.3, 0.4) is 0 Å². The second-order valence-corrected chi connectivity index (χ2v) is 5.80. The molecular weight excluding hydrogens is 320 g/mol. The topological polar surface area (TPSA) is 81.9 Å². The zero-order valence-corrected chi connectivity index (χ0v) is 14.0. The summed E-state index contributed by atoms with van der Waals surface area (Å²) in [7, 11) is 1.58. The summed E-state index contributed by atoms with van der Waals surface area (Å²) < 4.78 is 11.2.